The molecule has 0 spiro atoms. The lowest BCUT2D eigenvalue weighted by atomic mass is 9.76. The Morgan fingerprint density at radius 2 is 1.83 bits per heavy atom. The van der Waals surface area contributed by atoms with Crippen molar-refractivity contribution in [1.82, 2.24) is 5.32 Å². The van der Waals surface area contributed by atoms with Gasteiger partial charge in [0, 0.05) is 18.9 Å². The molecule has 2 fully saturated rings. The van der Waals surface area contributed by atoms with E-state index in [2.05, 4.69) is 5.32 Å². The minimum absolute atomic E-state index is 0.101. The summed E-state index contributed by atoms with van der Waals surface area (Å²) in [5, 5.41) is 3.32. The third-order valence-electron chi connectivity index (χ3n) is 4.93. The van der Waals surface area contributed by atoms with Gasteiger partial charge in [-0.3, -0.25) is 0 Å². The molecule has 2 unspecified atom stereocenters. The molecule has 0 amide bonds. The lowest BCUT2D eigenvalue weighted by Gasteiger charge is -2.36. The quantitative estimate of drug-likeness (QED) is 0.790. The van der Waals surface area contributed by atoms with Gasteiger partial charge in [0.15, 0.2) is 0 Å². The van der Waals surface area contributed by atoms with Crippen molar-refractivity contribution in [3.05, 3.63) is 0 Å². The molecule has 106 valence electrons. The molecule has 0 heterocycles. The Hall–Kier alpha value is -0.180. The maximum Gasteiger partial charge on any atom is 0.248 e. The third kappa shape index (κ3) is 3.91. The van der Waals surface area contributed by atoms with Crippen molar-refractivity contribution in [2.24, 2.45) is 11.8 Å². The Labute approximate surface area is 110 Å². The van der Waals surface area contributed by atoms with Gasteiger partial charge in [0.1, 0.15) is 0 Å². The maximum absolute atomic E-state index is 13.5. The van der Waals surface area contributed by atoms with Crippen LogP contribution in [0.1, 0.15) is 64.2 Å². The van der Waals surface area contributed by atoms with Crippen LogP contribution in [0, 0.1) is 11.8 Å². The Kier molecular flexibility index (Phi) is 4.99. The summed E-state index contributed by atoms with van der Waals surface area (Å²) < 4.78 is 27.0. The lowest BCUT2D eigenvalue weighted by molar-refractivity contribution is -0.0591. The maximum atomic E-state index is 13.5. The molecule has 18 heavy (non-hydrogen) atoms. The molecule has 2 aliphatic rings. The van der Waals surface area contributed by atoms with Crippen molar-refractivity contribution in [3.8, 4) is 0 Å². The van der Waals surface area contributed by atoms with Gasteiger partial charge in [-0.15, -0.1) is 0 Å². The van der Waals surface area contributed by atoms with Crippen LogP contribution in [0.4, 0.5) is 8.78 Å². The molecule has 2 saturated carbocycles. The highest BCUT2D eigenvalue weighted by Gasteiger charge is 2.39. The van der Waals surface area contributed by atoms with Crippen molar-refractivity contribution in [3.63, 3.8) is 0 Å². The average Bonchev–Trinajstić information content (AvgIpc) is 2.36. The molecule has 0 aromatic heterocycles. The van der Waals surface area contributed by atoms with Gasteiger partial charge in [0.25, 0.3) is 0 Å². The molecule has 0 radical (unpaired) electrons. The van der Waals surface area contributed by atoms with E-state index in [0.29, 0.717) is 12.5 Å². The Morgan fingerprint density at radius 1 is 1.11 bits per heavy atom. The SMILES string of the molecule is CNC(CC1CCCCC1)C1CCCC(F)(F)C1. The standard InChI is InChI=1S/C15H27F2N/c1-18-14(10-12-6-3-2-4-7-12)13-8-5-9-15(16,17)11-13/h12-14,18H,2-11H2,1H3. The van der Waals surface area contributed by atoms with Crippen LogP contribution in [-0.4, -0.2) is 19.0 Å². The molecule has 2 aliphatic carbocycles. The summed E-state index contributed by atoms with van der Waals surface area (Å²) in [4.78, 5) is 0. The fourth-order valence-electron chi connectivity index (χ4n) is 3.88. The second-order valence-corrected chi connectivity index (χ2v) is 6.35. The summed E-state index contributed by atoms with van der Waals surface area (Å²) in [6, 6.07) is 0.305. The van der Waals surface area contributed by atoms with E-state index in [0.717, 1.165) is 18.8 Å². The number of nitrogens with one attached hydrogen (secondary N) is 1. The van der Waals surface area contributed by atoms with Crippen molar-refractivity contribution < 1.29 is 8.78 Å². The Balaban J connectivity index is 1.86. The molecular weight excluding hydrogens is 232 g/mol. The second kappa shape index (κ2) is 6.31. The van der Waals surface area contributed by atoms with E-state index in [4.69, 9.17) is 0 Å². The molecule has 0 aliphatic heterocycles. The molecule has 3 heteroatoms. The fourth-order valence-corrected chi connectivity index (χ4v) is 3.88. The number of hydrogen-bond acceptors (Lipinski definition) is 1. The first-order valence-corrected chi connectivity index (χ1v) is 7.66. The molecule has 2 rings (SSSR count). The molecule has 2 atom stereocenters. The fraction of sp³-hybridized carbons (Fsp3) is 1.00. The smallest absolute Gasteiger partial charge is 0.248 e. The van der Waals surface area contributed by atoms with E-state index in [-0.39, 0.29) is 18.8 Å². The summed E-state index contributed by atoms with van der Waals surface area (Å²) in [6.07, 6.45) is 9.63. The molecule has 1 N–H and O–H groups in total. The van der Waals surface area contributed by atoms with Gasteiger partial charge in [0.05, 0.1) is 0 Å². The zero-order chi connectivity index (χ0) is 13.0. The topological polar surface area (TPSA) is 12.0 Å². The van der Waals surface area contributed by atoms with Gasteiger partial charge in [-0.2, -0.15) is 0 Å². The minimum Gasteiger partial charge on any atom is -0.317 e. The number of alkyl halides is 2. The lowest BCUT2D eigenvalue weighted by Crippen LogP contribution is -2.41. The van der Waals surface area contributed by atoms with Gasteiger partial charge < -0.3 is 5.32 Å². The summed E-state index contributed by atoms with van der Waals surface area (Å²) in [5.41, 5.74) is 0. The Bertz CT molecular complexity index is 249. The Morgan fingerprint density at radius 3 is 2.44 bits per heavy atom. The van der Waals surface area contributed by atoms with Gasteiger partial charge in [-0.25, -0.2) is 8.78 Å². The van der Waals surface area contributed by atoms with E-state index < -0.39 is 5.92 Å². The molecule has 0 bridgehead atoms. The first-order valence-electron chi connectivity index (χ1n) is 7.66. The van der Waals surface area contributed by atoms with Crippen LogP contribution < -0.4 is 5.32 Å². The van der Waals surface area contributed by atoms with Crippen LogP contribution in [0.25, 0.3) is 0 Å². The molecule has 1 nitrogen and oxygen atoms in total. The van der Waals surface area contributed by atoms with Crippen molar-refractivity contribution >= 4 is 0 Å². The van der Waals surface area contributed by atoms with Crippen molar-refractivity contribution in [1.29, 1.82) is 0 Å². The highest BCUT2D eigenvalue weighted by atomic mass is 19.3. The van der Waals surface area contributed by atoms with Crippen LogP contribution in [0.5, 0.6) is 0 Å². The first kappa shape index (κ1) is 14.2. The number of hydrogen-bond donors (Lipinski definition) is 1. The number of rotatable bonds is 4. The van der Waals surface area contributed by atoms with Gasteiger partial charge in [-0.1, -0.05) is 32.1 Å². The molecule has 0 saturated heterocycles. The second-order valence-electron chi connectivity index (χ2n) is 6.35. The van der Waals surface area contributed by atoms with Crippen molar-refractivity contribution in [2.75, 3.05) is 7.05 Å². The van der Waals surface area contributed by atoms with Crippen LogP contribution in [0.15, 0.2) is 0 Å². The largest absolute Gasteiger partial charge is 0.317 e. The van der Waals surface area contributed by atoms with Crippen LogP contribution in [0.3, 0.4) is 0 Å². The monoisotopic (exact) mass is 259 g/mol. The van der Waals surface area contributed by atoms with Crippen LogP contribution >= 0.6 is 0 Å². The van der Waals surface area contributed by atoms with E-state index in [1.807, 2.05) is 7.05 Å². The summed E-state index contributed by atoms with van der Waals surface area (Å²) in [7, 11) is 1.94. The average molecular weight is 259 g/mol. The zero-order valence-electron chi connectivity index (χ0n) is 11.6. The predicted octanol–water partition coefficient (Wildman–Crippen LogP) is 4.37. The van der Waals surface area contributed by atoms with E-state index in [9.17, 15) is 8.78 Å². The van der Waals surface area contributed by atoms with Crippen LogP contribution in [-0.2, 0) is 0 Å². The molecule has 0 aromatic rings. The highest BCUT2D eigenvalue weighted by molar-refractivity contribution is 4.87. The normalized spacial score (nSPS) is 31.2. The molecular formula is C15H27F2N. The van der Waals surface area contributed by atoms with Gasteiger partial charge >= 0.3 is 0 Å². The predicted molar refractivity (Wildman–Crippen MR) is 70.9 cm³/mol. The van der Waals surface area contributed by atoms with Crippen molar-refractivity contribution in [2.45, 2.75) is 76.2 Å². The van der Waals surface area contributed by atoms with Gasteiger partial charge in [-0.05, 0) is 38.1 Å². The summed E-state index contributed by atoms with van der Waals surface area (Å²) in [5.74, 6) is -1.46. The first-order chi connectivity index (χ1) is 8.61. The van der Waals surface area contributed by atoms with Crippen LogP contribution in [0.2, 0.25) is 0 Å². The van der Waals surface area contributed by atoms with E-state index in [1.54, 1.807) is 0 Å². The van der Waals surface area contributed by atoms with E-state index in [1.165, 1.54) is 32.1 Å². The minimum atomic E-state index is -2.41. The van der Waals surface area contributed by atoms with E-state index >= 15 is 0 Å². The molecule has 0 aromatic carbocycles. The highest BCUT2D eigenvalue weighted by Crippen LogP contribution is 2.40. The number of halogens is 2. The zero-order valence-corrected chi connectivity index (χ0v) is 11.6. The summed E-state index contributed by atoms with van der Waals surface area (Å²) >= 11 is 0. The summed E-state index contributed by atoms with van der Waals surface area (Å²) in [6.45, 7) is 0. The van der Waals surface area contributed by atoms with Gasteiger partial charge in [0.2, 0.25) is 5.92 Å². The third-order valence-corrected chi connectivity index (χ3v) is 4.93.